The minimum Gasteiger partial charge on any atom is -0.497 e. The third kappa shape index (κ3) is 6.07. The molecule has 0 atom stereocenters. The number of aromatic nitrogens is 4. The molecule has 11 nitrogen and oxygen atoms in total. The number of ether oxygens (including phenoxy) is 2. The quantitative estimate of drug-likeness (QED) is 0.297. The maximum Gasteiger partial charge on any atom is 0.211 e. The highest BCUT2D eigenvalue weighted by Gasteiger charge is 2.18. The summed E-state index contributed by atoms with van der Waals surface area (Å²) < 4.78 is 37.8. The number of hydrogen-bond donors (Lipinski definition) is 1. The van der Waals surface area contributed by atoms with Gasteiger partial charge >= 0.3 is 0 Å². The monoisotopic (exact) mass is 553 g/mol. The Balaban J connectivity index is 1.67. The number of sulfonamides is 1. The van der Waals surface area contributed by atoms with E-state index in [1.807, 2.05) is 53.9 Å². The summed E-state index contributed by atoms with van der Waals surface area (Å²) in [6, 6.07) is 9.64. The number of benzene rings is 1. The second-order valence-corrected chi connectivity index (χ2v) is 11.4. The molecule has 0 radical (unpaired) electrons. The van der Waals surface area contributed by atoms with Crippen LogP contribution in [0.1, 0.15) is 23.7 Å². The molecule has 4 rings (SSSR count). The van der Waals surface area contributed by atoms with Crippen molar-refractivity contribution in [2.24, 2.45) is 7.05 Å². The van der Waals surface area contributed by atoms with Crippen molar-refractivity contribution in [1.29, 1.82) is 0 Å². The summed E-state index contributed by atoms with van der Waals surface area (Å²) in [5.74, 6) is 2.80. The van der Waals surface area contributed by atoms with Crippen molar-refractivity contribution in [3.05, 3.63) is 59.7 Å². The first-order valence-electron chi connectivity index (χ1n) is 12.4. The van der Waals surface area contributed by atoms with Crippen molar-refractivity contribution >= 4 is 38.4 Å². The number of hydrogen-bond acceptors (Lipinski definition) is 9. The lowest BCUT2D eigenvalue weighted by Crippen LogP contribution is -2.25. The van der Waals surface area contributed by atoms with Crippen molar-refractivity contribution in [2.75, 3.05) is 44.8 Å². The van der Waals surface area contributed by atoms with E-state index in [4.69, 9.17) is 14.5 Å². The van der Waals surface area contributed by atoms with E-state index in [0.717, 1.165) is 40.0 Å². The van der Waals surface area contributed by atoms with Crippen molar-refractivity contribution in [3.63, 3.8) is 0 Å². The smallest absolute Gasteiger partial charge is 0.211 e. The van der Waals surface area contributed by atoms with Crippen molar-refractivity contribution in [2.45, 2.75) is 26.4 Å². The summed E-state index contributed by atoms with van der Waals surface area (Å²) in [7, 11) is 5.39. The zero-order valence-corrected chi connectivity index (χ0v) is 24.2. The number of rotatable bonds is 11. The van der Waals surface area contributed by atoms with Gasteiger partial charge in [0.15, 0.2) is 5.82 Å². The number of fused-ring (bicyclic) bond motifs is 1. The minimum atomic E-state index is -3.30. The molecule has 1 aromatic carbocycles. The number of anilines is 3. The normalized spacial score (nSPS) is 11.7. The van der Waals surface area contributed by atoms with Gasteiger partial charge in [0, 0.05) is 45.4 Å². The summed E-state index contributed by atoms with van der Waals surface area (Å²) in [5.41, 5.74) is 5.25. The van der Waals surface area contributed by atoms with Crippen LogP contribution in [0.5, 0.6) is 11.5 Å². The molecule has 0 fully saturated rings. The fraction of sp³-hybridized carbons (Fsp3) is 0.370. The van der Waals surface area contributed by atoms with Crippen molar-refractivity contribution < 1.29 is 17.9 Å². The Labute approximate surface area is 229 Å². The van der Waals surface area contributed by atoms with Gasteiger partial charge in [-0.15, -0.1) is 0 Å². The molecular formula is C27H35N7O4S. The molecule has 12 heteroatoms. The molecule has 0 aliphatic heterocycles. The molecule has 0 aliphatic carbocycles. The molecule has 39 heavy (non-hydrogen) atoms. The van der Waals surface area contributed by atoms with E-state index < -0.39 is 10.0 Å². The summed E-state index contributed by atoms with van der Waals surface area (Å²) in [6.45, 7) is 2.74. The Morgan fingerprint density at radius 2 is 1.82 bits per heavy atom. The van der Waals surface area contributed by atoms with Gasteiger partial charge in [-0.1, -0.05) is 6.92 Å². The van der Waals surface area contributed by atoms with E-state index in [2.05, 4.69) is 22.2 Å². The molecule has 0 amide bonds. The van der Waals surface area contributed by atoms with Crippen molar-refractivity contribution in [1.82, 2.24) is 23.8 Å². The molecule has 0 bridgehead atoms. The van der Waals surface area contributed by atoms with Crippen molar-refractivity contribution in [3.8, 4) is 11.5 Å². The number of methoxy groups -OCH3 is 2. The van der Waals surface area contributed by atoms with E-state index in [0.29, 0.717) is 29.6 Å². The number of nitrogens with one attached hydrogen (secondary N) is 1. The van der Waals surface area contributed by atoms with E-state index >= 15 is 0 Å². The fourth-order valence-electron chi connectivity index (χ4n) is 4.27. The zero-order valence-electron chi connectivity index (χ0n) is 23.4. The van der Waals surface area contributed by atoms with Crippen LogP contribution >= 0.6 is 0 Å². The number of pyridine rings is 2. The molecule has 0 aliphatic rings. The number of aryl methyl sites for hydroxylation is 2. The first-order valence-corrected chi connectivity index (χ1v) is 14.3. The second-order valence-electron chi connectivity index (χ2n) is 9.32. The zero-order chi connectivity index (χ0) is 28.3. The molecular weight excluding hydrogens is 518 g/mol. The Morgan fingerprint density at radius 1 is 1.05 bits per heavy atom. The van der Waals surface area contributed by atoms with Crippen LogP contribution in [-0.2, 0) is 36.6 Å². The fourth-order valence-corrected chi connectivity index (χ4v) is 4.63. The molecule has 208 valence electrons. The summed E-state index contributed by atoms with van der Waals surface area (Å²) in [6.07, 6.45) is 5.47. The largest absolute Gasteiger partial charge is 0.497 e. The number of nitrogens with zero attached hydrogens (tertiary/aromatic N) is 6. The maximum atomic E-state index is 11.9. The highest BCUT2D eigenvalue weighted by Crippen LogP contribution is 2.32. The van der Waals surface area contributed by atoms with E-state index in [1.54, 1.807) is 33.8 Å². The third-order valence-electron chi connectivity index (χ3n) is 6.70. The van der Waals surface area contributed by atoms with Crippen LogP contribution in [0, 0.1) is 0 Å². The number of imidazole rings is 1. The SMILES string of the molecule is CCc1cc(CN(C)S(C)(=O)=O)ncc1N(C)c1cc2c(ncn2C)c(NCc2ccc(OC)cc2OC)n1. The molecule has 3 heterocycles. The van der Waals surface area contributed by atoms with Crippen LogP contribution in [0.4, 0.5) is 17.3 Å². The topological polar surface area (TPSA) is 115 Å². The second kappa shape index (κ2) is 11.5. The Kier molecular flexibility index (Phi) is 8.26. The van der Waals surface area contributed by atoms with Gasteiger partial charge in [0.1, 0.15) is 22.8 Å². The summed E-state index contributed by atoms with van der Waals surface area (Å²) in [4.78, 5) is 16.0. The summed E-state index contributed by atoms with van der Waals surface area (Å²) >= 11 is 0. The Bertz CT molecular complexity index is 1590. The first-order chi connectivity index (χ1) is 18.5. The maximum absolute atomic E-state index is 11.9. The average Bonchev–Trinajstić information content (AvgIpc) is 3.31. The summed E-state index contributed by atoms with van der Waals surface area (Å²) in [5, 5.41) is 3.44. The van der Waals surface area contributed by atoms with Crippen LogP contribution in [0.3, 0.4) is 0 Å². The molecule has 0 saturated carbocycles. The molecule has 0 unspecified atom stereocenters. The van der Waals surface area contributed by atoms with Crippen LogP contribution in [0.2, 0.25) is 0 Å². The highest BCUT2D eigenvalue weighted by atomic mass is 32.2. The Hall–Kier alpha value is -3.90. The molecule has 1 N–H and O–H groups in total. The molecule has 0 spiro atoms. The van der Waals surface area contributed by atoms with Gasteiger partial charge in [-0.05, 0) is 30.2 Å². The standard InChI is InChI=1S/C27H35N7O4S/c1-8-18-11-20(16-33(3)39(7,35)36)28-15-23(18)34(4)25-13-22-26(30-17-32(22)2)27(31-25)29-14-19-9-10-21(37-5)12-24(19)38-6/h9-13,15,17H,8,14,16H2,1-7H3,(H,29,31). The first kappa shape index (κ1) is 28.1. The molecule has 0 saturated heterocycles. The molecule has 3 aromatic heterocycles. The lowest BCUT2D eigenvalue weighted by Gasteiger charge is -2.23. The van der Waals surface area contributed by atoms with Gasteiger partial charge in [-0.3, -0.25) is 4.98 Å². The average molecular weight is 554 g/mol. The van der Waals surface area contributed by atoms with E-state index in [-0.39, 0.29) is 6.54 Å². The van der Waals surface area contributed by atoms with Crippen LogP contribution in [-0.4, -0.2) is 66.8 Å². The van der Waals surface area contributed by atoms with Crippen LogP contribution in [0.25, 0.3) is 11.0 Å². The van der Waals surface area contributed by atoms with E-state index in [9.17, 15) is 8.42 Å². The van der Waals surface area contributed by atoms with Crippen LogP contribution < -0.4 is 19.7 Å². The van der Waals surface area contributed by atoms with Gasteiger partial charge in [0.05, 0.1) is 56.4 Å². The lowest BCUT2D eigenvalue weighted by molar-refractivity contribution is 0.391. The van der Waals surface area contributed by atoms with Gasteiger partial charge in [0.25, 0.3) is 0 Å². The molecule has 4 aromatic rings. The van der Waals surface area contributed by atoms with Gasteiger partial charge in [0.2, 0.25) is 10.0 Å². The lowest BCUT2D eigenvalue weighted by atomic mass is 10.1. The van der Waals surface area contributed by atoms with E-state index in [1.165, 1.54) is 10.6 Å². The third-order valence-corrected chi connectivity index (χ3v) is 7.96. The predicted octanol–water partition coefficient (Wildman–Crippen LogP) is 3.71. The Morgan fingerprint density at radius 3 is 2.49 bits per heavy atom. The minimum absolute atomic E-state index is 0.206. The predicted molar refractivity (Wildman–Crippen MR) is 153 cm³/mol. The van der Waals surface area contributed by atoms with Gasteiger partial charge < -0.3 is 24.3 Å². The highest BCUT2D eigenvalue weighted by molar-refractivity contribution is 7.88. The van der Waals surface area contributed by atoms with Gasteiger partial charge in [-0.25, -0.2) is 18.4 Å². The van der Waals surface area contributed by atoms with Crippen LogP contribution in [0.15, 0.2) is 42.9 Å². The van der Waals surface area contributed by atoms with Gasteiger partial charge in [-0.2, -0.15) is 4.31 Å².